The predicted molar refractivity (Wildman–Crippen MR) is 117 cm³/mol. The number of halogens is 3. The first-order valence-corrected chi connectivity index (χ1v) is 11.5. The fraction of sp³-hybridized carbons (Fsp3) is 0.481. The fourth-order valence-corrected chi connectivity index (χ4v) is 5.21. The maximum atomic E-state index is 15.0. The highest BCUT2D eigenvalue weighted by Gasteiger charge is 2.24. The average Bonchev–Trinajstić information content (AvgIpc) is 2.75. The fourth-order valence-electron chi connectivity index (χ4n) is 5.21. The summed E-state index contributed by atoms with van der Waals surface area (Å²) in [5.41, 5.74) is 4.08. The van der Waals surface area contributed by atoms with Crippen LogP contribution in [-0.4, -0.2) is 0 Å². The van der Waals surface area contributed by atoms with Crippen LogP contribution in [0.1, 0.15) is 86.5 Å². The van der Waals surface area contributed by atoms with Gasteiger partial charge in [-0.25, -0.2) is 13.2 Å². The molecule has 0 radical (unpaired) electrons. The van der Waals surface area contributed by atoms with Gasteiger partial charge in [0.15, 0.2) is 11.6 Å². The van der Waals surface area contributed by atoms with Crippen molar-refractivity contribution in [1.29, 1.82) is 0 Å². The van der Waals surface area contributed by atoms with E-state index in [4.69, 9.17) is 0 Å². The SMILES string of the molecule is CCCCCC1CCC(c2ccc(C3=CCc4cc(F)c(F)cc4C3)c(F)c2)CC1. The van der Waals surface area contributed by atoms with Crippen molar-refractivity contribution in [3.8, 4) is 0 Å². The molecule has 0 heterocycles. The molecule has 2 aromatic carbocycles. The van der Waals surface area contributed by atoms with E-state index in [0.717, 1.165) is 41.0 Å². The van der Waals surface area contributed by atoms with Gasteiger partial charge in [-0.05, 0) is 90.8 Å². The topological polar surface area (TPSA) is 0 Å². The molecule has 0 N–H and O–H groups in total. The number of allylic oxidation sites excluding steroid dienone is 2. The second-order valence-corrected chi connectivity index (χ2v) is 9.10. The summed E-state index contributed by atoms with van der Waals surface area (Å²) >= 11 is 0. The van der Waals surface area contributed by atoms with Crippen molar-refractivity contribution < 1.29 is 13.2 Å². The summed E-state index contributed by atoms with van der Waals surface area (Å²) in [4.78, 5) is 0. The van der Waals surface area contributed by atoms with Gasteiger partial charge in [-0.2, -0.15) is 0 Å². The smallest absolute Gasteiger partial charge is 0.159 e. The maximum Gasteiger partial charge on any atom is 0.159 e. The molecule has 160 valence electrons. The summed E-state index contributed by atoms with van der Waals surface area (Å²) < 4.78 is 42.1. The van der Waals surface area contributed by atoms with Gasteiger partial charge >= 0.3 is 0 Å². The van der Waals surface area contributed by atoms with Crippen LogP contribution in [0.2, 0.25) is 0 Å². The summed E-state index contributed by atoms with van der Waals surface area (Å²) in [6.07, 6.45) is 13.0. The molecule has 2 aliphatic rings. The largest absolute Gasteiger partial charge is 0.206 e. The van der Waals surface area contributed by atoms with Crippen LogP contribution in [0.25, 0.3) is 5.57 Å². The molecule has 2 aliphatic carbocycles. The average molecular weight is 413 g/mol. The summed E-state index contributed by atoms with van der Waals surface area (Å²) in [6, 6.07) is 8.18. The lowest BCUT2D eigenvalue weighted by Gasteiger charge is -2.29. The van der Waals surface area contributed by atoms with Crippen molar-refractivity contribution >= 4 is 5.57 Å². The Morgan fingerprint density at radius 2 is 1.57 bits per heavy atom. The Balaban J connectivity index is 1.42. The number of fused-ring (bicyclic) bond motifs is 1. The summed E-state index contributed by atoms with van der Waals surface area (Å²) in [6.45, 7) is 2.25. The molecule has 3 heteroatoms. The van der Waals surface area contributed by atoms with Crippen LogP contribution in [0.5, 0.6) is 0 Å². The number of unbranched alkanes of at least 4 members (excludes halogenated alkanes) is 2. The van der Waals surface area contributed by atoms with Gasteiger partial charge in [-0.1, -0.05) is 50.8 Å². The Kier molecular flexibility index (Phi) is 6.65. The Hall–Kier alpha value is -2.03. The highest BCUT2D eigenvalue weighted by Crippen LogP contribution is 2.39. The Labute approximate surface area is 178 Å². The van der Waals surface area contributed by atoms with Crippen molar-refractivity contribution in [1.82, 2.24) is 0 Å². The van der Waals surface area contributed by atoms with E-state index in [9.17, 15) is 8.78 Å². The van der Waals surface area contributed by atoms with Crippen LogP contribution in [-0.2, 0) is 12.8 Å². The quantitative estimate of drug-likeness (QED) is 0.420. The van der Waals surface area contributed by atoms with Crippen LogP contribution in [0.4, 0.5) is 13.2 Å². The maximum absolute atomic E-state index is 15.0. The zero-order valence-corrected chi connectivity index (χ0v) is 17.8. The summed E-state index contributed by atoms with van der Waals surface area (Å²) in [5, 5.41) is 0. The van der Waals surface area contributed by atoms with E-state index in [1.54, 1.807) is 6.07 Å². The number of hydrogen-bond donors (Lipinski definition) is 0. The van der Waals surface area contributed by atoms with Gasteiger partial charge in [0.2, 0.25) is 0 Å². The molecule has 0 aliphatic heterocycles. The van der Waals surface area contributed by atoms with Crippen LogP contribution in [0, 0.1) is 23.4 Å². The number of rotatable bonds is 6. The third-order valence-corrected chi connectivity index (χ3v) is 7.06. The van der Waals surface area contributed by atoms with Crippen molar-refractivity contribution in [2.24, 2.45) is 5.92 Å². The third kappa shape index (κ3) is 4.66. The molecule has 30 heavy (non-hydrogen) atoms. The standard InChI is InChI=1S/C27H31F3/c1-2-3-4-5-18-6-8-19(9-7-18)20-12-13-24(25(28)15-20)22-11-10-21-16-26(29)27(30)17-23(21)14-22/h11-13,15-19H,2-10,14H2,1H3. The lowest BCUT2D eigenvalue weighted by molar-refractivity contribution is 0.302. The Morgan fingerprint density at radius 3 is 2.27 bits per heavy atom. The van der Waals surface area contributed by atoms with E-state index in [1.807, 2.05) is 12.1 Å². The Morgan fingerprint density at radius 1 is 0.833 bits per heavy atom. The van der Waals surface area contributed by atoms with E-state index in [1.165, 1.54) is 50.7 Å². The molecule has 0 amide bonds. The third-order valence-electron chi connectivity index (χ3n) is 7.06. The van der Waals surface area contributed by atoms with Crippen molar-refractivity contribution in [3.63, 3.8) is 0 Å². The zero-order valence-electron chi connectivity index (χ0n) is 17.8. The minimum Gasteiger partial charge on any atom is -0.206 e. The molecule has 0 atom stereocenters. The zero-order chi connectivity index (χ0) is 21.1. The van der Waals surface area contributed by atoms with Crippen molar-refractivity contribution in [2.45, 2.75) is 77.0 Å². The first-order valence-electron chi connectivity index (χ1n) is 11.5. The molecule has 2 aromatic rings. The monoisotopic (exact) mass is 412 g/mol. The van der Waals surface area contributed by atoms with E-state index in [2.05, 4.69) is 13.0 Å². The molecule has 0 unspecified atom stereocenters. The minimum absolute atomic E-state index is 0.199. The molecule has 0 spiro atoms. The van der Waals surface area contributed by atoms with E-state index in [-0.39, 0.29) is 5.82 Å². The predicted octanol–water partition coefficient (Wildman–Crippen LogP) is 8.14. The second-order valence-electron chi connectivity index (χ2n) is 9.10. The van der Waals surface area contributed by atoms with Gasteiger partial charge in [-0.15, -0.1) is 0 Å². The van der Waals surface area contributed by atoms with Gasteiger partial charge in [0.1, 0.15) is 5.82 Å². The van der Waals surface area contributed by atoms with Gasteiger partial charge in [0.25, 0.3) is 0 Å². The van der Waals surface area contributed by atoms with Crippen LogP contribution < -0.4 is 0 Å². The molecule has 0 bridgehead atoms. The summed E-state index contributed by atoms with van der Waals surface area (Å²) in [5.74, 6) is -0.559. The molecule has 0 aromatic heterocycles. The van der Waals surface area contributed by atoms with Crippen LogP contribution in [0.3, 0.4) is 0 Å². The molecule has 4 rings (SSSR count). The molecule has 1 saturated carbocycles. The van der Waals surface area contributed by atoms with E-state index in [0.29, 0.717) is 24.3 Å². The van der Waals surface area contributed by atoms with Gasteiger partial charge < -0.3 is 0 Å². The summed E-state index contributed by atoms with van der Waals surface area (Å²) in [7, 11) is 0. The minimum atomic E-state index is -0.837. The van der Waals surface area contributed by atoms with E-state index < -0.39 is 11.6 Å². The Bertz CT molecular complexity index is 920. The highest BCUT2D eigenvalue weighted by atomic mass is 19.2. The van der Waals surface area contributed by atoms with Crippen LogP contribution in [0.15, 0.2) is 36.4 Å². The first kappa shape index (κ1) is 21.2. The first-order chi connectivity index (χ1) is 14.5. The van der Waals surface area contributed by atoms with Crippen LogP contribution >= 0.6 is 0 Å². The molecular weight excluding hydrogens is 381 g/mol. The second kappa shape index (κ2) is 9.41. The van der Waals surface area contributed by atoms with Gasteiger partial charge in [0, 0.05) is 5.56 Å². The molecular formula is C27H31F3. The van der Waals surface area contributed by atoms with Crippen molar-refractivity contribution in [3.05, 3.63) is 76.1 Å². The highest BCUT2D eigenvalue weighted by molar-refractivity contribution is 5.71. The number of hydrogen-bond acceptors (Lipinski definition) is 0. The number of benzene rings is 2. The molecule has 0 nitrogen and oxygen atoms in total. The van der Waals surface area contributed by atoms with Crippen molar-refractivity contribution in [2.75, 3.05) is 0 Å². The lowest BCUT2D eigenvalue weighted by Crippen LogP contribution is -2.14. The molecule has 1 fully saturated rings. The van der Waals surface area contributed by atoms with Gasteiger partial charge in [0.05, 0.1) is 0 Å². The van der Waals surface area contributed by atoms with E-state index >= 15 is 4.39 Å². The molecule has 0 saturated heterocycles. The normalized spacial score (nSPS) is 21.3. The van der Waals surface area contributed by atoms with Gasteiger partial charge in [-0.3, -0.25) is 0 Å². The lowest BCUT2D eigenvalue weighted by atomic mass is 9.76.